The molecule has 0 saturated heterocycles. The minimum absolute atomic E-state index is 0.448. The highest BCUT2D eigenvalue weighted by atomic mass is 15.2. The van der Waals surface area contributed by atoms with E-state index < -0.39 is 0 Å². The smallest absolute Gasteiger partial charge is 0.180 e. The molecular weight excluding hydrogens is 202 g/mol. The van der Waals surface area contributed by atoms with Crippen molar-refractivity contribution in [2.75, 3.05) is 5.73 Å². The maximum Gasteiger partial charge on any atom is 0.180 e. The van der Waals surface area contributed by atoms with Gasteiger partial charge in [0.15, 0.2) is 11.5 Å². The molecule has 2 aromatic heterocycles. The average Bonchev–Trinajstić information content (AvgIpc) is 2.73. The van der Waals surface area contributed by atoms with Gasteiger partial charge in [-0.1, -0.05) is 30.3 Å². The van der Waals surface area contributed by atoms with Crippen LogP contribution in [-0.2, 0) is 0 Å². The molecule has 0 radical (unpaired) electrons. The van der Waals surface area contributed by atoms with E-state index in [-0.39, 0.29) is 0 Å². The molecule has 3 aromatic rings. The van der Waals surface area contributed by atoms with Crippen LogP contribution < -0.4 is 5.73 Å². The van der Waals surface area contributed by atoms with Gasteiger partial charge in [-0.3, -0.25) is 5.10 Å². The zero-order chi connectivity index (χ0) is 11.0. The molecule has 0 saturated carbocycles. The van der Waals surface area contributed by atoms with E-state index in [1.165, 1.54) is 0 Å². The van der Waals surface area contributed by atoms with E-state index in [4.69, 9.17) is 5.73 Å². The second-order valence-electron chi connectivity index (χ2n) is 3.46. The van der Waals surface area contributed by atoms with Gasteiger partial charge in [-0.05, 0) is 5.56 Å². The second kappa shape index (κ2) is 3.30. The molecule has 0 bridgehead atoms. The zero-order valence-electron chi connectivity index (χ0n) is 8.38. The third-order valence-corrected chi connectivity index (χ3v) is 2.47. The number of aromatic nitrogens is 4. The highest BCUT2D eigenvalue weighted by Gasteiger charge is 2.10. The summed E-state index contributed by atoms with van der Waals surface area (Å²) in [6.45, 7) is 0. The first-order valence-corrected chi connectivity index (χ1v) is 4.87. The fraction of sp³-hybridized carbons (Fsp3) is 0. The lowest BCUT2D eigenvalue weighted by atomic mass is 10.1. The van der Waals surface area contributed by atoms with Gasteiger partial charge in [0.1, 0.15) is 0 Å². The number of fused-ring (bicyclic) bond motifs is 1. The van der Waals surface area contributed by atoms with Crippen molar-refractivity contribution < 1.29 is 0 Å². The molecule has 16 heavy (non-hydrogen) atoms. The van der Waals surface area contributed by atoms with Crippen LogP contribution in [0.2, 0.25) is 0 Å². The van der Waals surface area contributed by atoms with Gasteiger partial charge in [0.05, 0.1) is 11.6 Å². The van der Waals surface area contributed by atoms with Crippen molar-refractivity contribution in [3.05, 3.63) is 36.5 Å². The topological polar surface area (TPSA) is 80.5 Å². The standard InChI is InChI=1S/C11H9N5/c12-10-9-8(7-4-2-1-3-5-7)6-13-15-11(9)16-14-10/h1-6H,(H3,12,14,15,16). The fourth-order valence-corrected chi connectivity index (χ4v) is 1.73. The number of nitrogens with one attached hydrogen (secondary N) is 1. The minimum Gasteiger partial charge on any atom is -0.382 e. The molecule has 3 N–H and O–H groups in total. The van der Waals surface area contributed by atoms with Gasteiger partial charge in [-0.2, -0.15) is 10.2 Å². The molecule has 0 aliphatic carbocycles. The first-order chi connectivity index (χ1) is 7.86. The predicted molar refractivity (Wildman–Crippen MR) is 61.5 cm³/mol. The van der Waals surface area contributed by atoms with Crippen LogP contribution in [0.15, 0.2) is 36.5 Å². The Bertz CT molecular complexity index is 629. The van der Waals surface area contributed by atoms with Crippen LogP contribution in [0.3, 0.4) is 0 Å². The number of H-pyrrole nitrogens is 1. The molecule has 1 aromatic carbocycles. The summed E-state index contributed by atoms with van der Waals surface area (Å²) in [7, 11) is 0. The number of anilines is 1. The maximum absolute atomic E-state index is 5.80. The summed E-state index contributed by atoms with van der Waals surface area (Å²) >= 11 is 0. The number of nitrogen functional groups attached to an aromatic ring is 1. The number of hydrogen-bond donors (Lipinski definition) is 2. The van der Waals surface area contributed by atoms with E-state index in [9.17, 15) is 0 Å². The van der Waals surface area contributed by atoms with Gasteiger partial charge < -0.3 is 5.73 Å². The van der Waals surface area contributed by atoms with Gasteiger partial charge in [0.2, 0.25) is 0 Å². The Hall–Kier alpha value is -2.43. The number of aromatic amines is 1. The molecule has 5 heteroatoms. The molecule has 5 nitrogen and oxygen atoms in total. The maximum atomic E-state index is 5.80. The highest BCUT2D eigenvalue weighted by Crippen LogP contribution is 2.28. The SMILES string of the molecule is Nc1n[nH]c2nncc(-c3ccccc3)c12. The second-order valence-corrected chi connectivity index (χ2v) is 3.46. The van der Waals surface area contributed by atoms with Crippen LogP contribution in [-0.4, -0.2) is 20.4 Å². The van der Waals surface area contributed by atoms with E-state index >= 15 is 0 Å². The lowest BCUT2D eigenvalue weighted by Crippen LogP contribution is -1.89. The largest absolute Gasteiger partial charge is 0.382 e. The van der Waals surface area contributed by atoms with Crippen molar-refractivity contribution >= 4 is 16.9 Å². The molecule has 0 spiro atoms. The van der Waals surface area contributed by atoms with Crippen LogP contribution in [0.25, 0.3) is 22.2 Å². The first kappa shape index (κ1) is 8.84. The normalized spacial score (nSPS) is 10.8. The molecule has 78 valence electrons. The Labute approximate surface area is 91.3 Å². The fourth-order valence-electron chi connectivity index (χ4n) is 1.73. The highest BCUT2D eigenvalue weighted by molar-refractivity contribution is 5.98. The molecule has 0 aliphatic rings. The summed E-state index contributed by atoms with van der Waals surface area (Å²) in [5.41, 5.74) is 8.41. The average molecular weight is 211 g/mol. The zero-order valence-corrected chi connectivity index (χ0v) is 8.38. The Kier molecular flexibility index (Phi) is 1.83. The monoisotopic (exact) mass is 211 g/mol. The van der Waals surface area contributed by atoms with Crippen LogP contribution in [0, 0.1) is 0 Å². The van der Waals surface area contributed by atoms with Crippen molar-refractivity contribution in [2.45, 2.75) is 0 Å². The van der Waals surface area contributed by atoms with Gasteiger partial charge in [0.25, 0.3) is 0 Å². The Morgan fingerprint density at radius 1 is 1.12 bits per heavy atom. The molecule has 0 unspecified atom stereocenters. The van der Waals surface area contributed by atoms with Crippen LogP contribution >= 0.6 is 0 Å². The van der Waals surface area contributed by atoms with E-state index in [0.717, 1.165) is 16.5 Å². The van der Waals surface area contributed by atoms with E-state index in [2.05, 4.69) is 20.4 Å². The lowest BCUT2D eigenvalue weighted by Gasteiger charge is -2.01. The van der Waals surface area contributed by atoms with Gasteiger partial charge >= 0.3 is 0 Å². The third-order valence-electron chi connectivity index (χ3n) is 2.47. The van der Waals surface area contributed by atoms with E-state index in [1.54, 1.807) is 6.20 Å². The summed E-state index contributed by atoms with van der Waals surface area (Å²) in [5.74, 6) is 0.448. The summed E-state index contributed by atoms with van der Waals surface area (Å²) in [6, 6.07) is 9.91. The van der Waals surface area contributed by atoms with Gasteiger partial charge in [-0.15, -0.1) is 5.10 Å². The van der Waals surface area contributed by atoms with Crippen LogP contribution in [0.1, 0.15) is 0 Å². The molecule has 0 atom stereocenters. The molecule has 2 heterocycles. The van der Waals surface area contributed by atoms with Crippen molar-refractivity contribution in [3.63, 3.8) is 0 Å². The van der Waals surface area contributed by atoms with Gasteiger partial charge in [0, 0.05) is 5.56 Å². The van der Waals surface area contributed by atoms with Crippen molar-refractivity contribution in [2.24, 2.45) is 0 Å². The number of hydrogen-bond acceptors (Lipinski definition) is 4. The first-order valence-electron chi connectivity index (χ1n) is 4.87. The summed E-state index contributed by atoms with van der Waals surface area (Å²) < 4.78 is 0. The van der Waals surface area contributed by atoms with Crippen LogP contribution in [0.5, 0.6) is 0 Å². The number of benzene rings is 1. The summed E-state index contributed by atoms with van der Waals surface area (Å²) in [5, 5.41) is 15.4. The molecule has 0 fully saturated rings. The van der Waals surface area contributed by atoms with Crippen molar-refractivity contribution in [1.82, 2.24) is 20.4 Å². The summed E-state index contributed by atoms with van der Waals surface area (Å²) in [4.78, 5) is 0. The van der Waals surface area contributed by atoms with E-state index in [0.29, 0.717) is 11.5 Å². The lowest BCUT2D eigenvalue weighted by molar-refractivity contribution is 1.02. The quantitative estimate of drug-likeness (QED) is 0.640. The Morgan fingerprint density at radius 3 is 2.75 bits per heavy atom. The summed E-state index contributed by atoms with van der Waals surface area (Å²) in [6.07, 6.45) is 1.70. The molecule has 0 aliphatic heterocycles. The Balaban J connectivity index is 2.36. The number of nitrogens with zero attached hydrogens (tertiary/aromatic N) is 3. The van der Waals surface area contributed by atoms with Crippen molar-refractivity contribution in [1.29, 1.82) is 0 Å². The Morgan fingerprint density at radius 2 is 1.94 bits per heavy atom. The predicted octanol–water partition coefficient (Wildman–Crippen LogP) is 1.60. The third kappa shape index (κ3) is 1.22. The number of nitrogens with two attached hydrogens (primary N) is 1. The van der Waals surface area contributed by atoms with Crippen LogP contribution in [0.4, 0.5) is 5.82 Å². The van der Waals surface area contributed by atoms with E-state index in [1.807, 2.05) is 30.3 Å². The molecule has 3 rings (SSSR count). The molecular formula is C11H9N5. The molecule has 0 amide bonds. The number of rotatable bonds is 1. The minimum atomic E-state index is 0.448. The van der Waals surface area contributed by atoms with Crippen molar-refractivity contribution in [3.8, 4) is 11.1 Å². The van der Waals surface area contributed by atoms with Gasteiger partial charge in [-0.25, -0.2) is 0 Å².